The second-order valence-electron chi connectivity index (χ2n) is 3.67. The predicted molar refractivity (Wildman–Crippen MR) is 57.9 cm³/mol. The van der Waals surface area contributed by atoms with Crippen molar-refractivity contribution in [3.8, 4) is 11.5 Å². The minimum Gasteiger partial charge on any atom is -0.454 e. The molecule has 1 aliphatic heterocycles. The number of ether oxygens (including phenoxy) is 2. The van der Waals surface area contributed by atoms with Crippen LogP contribution in [-0.2, 0) is 6.54 Å². The Morgan fingerprint density at radius 1 is 1.47 bits per heavy atom. The predicted octanol–water partition coefficient (Wildman–Crippen LogP) is 0.852. The lowest BCUT2D eigenvalue weighted by atomic mass is 10.1. The summed E-state index contributed by atoms with van der Waals surface area (Å²) >= 11 is 0. The summed E-state index contributed by atoms with van der Waals surface area (Å²) in [6.07, 6.45) is 0. The first kappa shape index (κ1) is 10.3. The van der Waals surface area contributed by atoms with E-state index in [0.29, 0.717) is 19.4 Å². The molecule has 1 atom stereocenters. The third-order valence-electron chi connectivity index (χ3n) is 2.47. The second-order valence-corrected chi connectivity index (χ2v) is 3.67. The minimum absolute atomic E-state index is 0.308. The molecule has 0 fully saturated rings. The highest BCUT2D eigenvalue weighted by atomic mass is 16.7. The van der Waals surface area contributed by atoms with Gasteiger partial charge in [-0.05, 0) is 13.0 Å². The number of para-hydroxylation sites is 1. The van der Waals surface area contributed by atoms with Crippen LogP contribution in [0.4, 0.5) is 0 Å². The molecule has 0 aromatic heterocycles. The Morgan fingerprint density at radius 3 is 3.13 bits per heavy atom. The maximum absolute atomic E-state index is 5.53. The molecule has 1 aliphatic rings. The molecule has 1 aromatic carbocycles. The van der Waals surface area contributed by atoms with Gasteiger partial charge in [-0.3, -0.25) is 0 Å². The zero-order valence-electron chi connectivity index (χ0n) is 8.82. The smallest absolute Gasteiger partial charge is 0.231 e. The number of nitrogens with two attached hydrogens (primary N) is 1. The molecule has 4 heteroatoms. The van der Waals surface area contributed by atoms with Crippen LogP contribution in [0.1, 0.15) is 12.5 Å². The molecule has 0 spiro atoms. The van der Waals surface area contributed by atoms with Gasteiger partial charge in [0.15, 0.2) is 11.5 Å². The Morgan fingerprint density at radius 2 is 2.33 bits per heavy atom. The molecule has 4 nitrogen and oxygen atoms in total. The number of benzene rings is 1. The van der Waals surface area contributed by atoms with Crippen LogP contribution in [-0.4, -0.2) is 19.4 Å². The van der Waals surface area contributed by atoms with Crippen LogP contribution in [0.25, 0.3) is 0 Å². The summed E-state index contributed by atoms with van der Waals surface area (Å²) in [5.74, 6) is 1.68. The van der Waals surface area contributed by atoms with E-state index in [1.807, 2.05) is 18.2 Å². The van der Waals surface area contributed by atoms with Crippen LogP contribution >= 0.6 is 0 Å². The van der Waals surface area contributed by atoms with Crippen LogP contribution in [0.2, 0.25) is 0 Å². The molecule has 0 radical (unpaired) electrons. The molecule has 1 heterocycles. The fourth-order valence-corrected chi connectivity index (χ4v) is 1.50. The van der Waals surface area contributed by atoms with Crippen LogP contribution in [0.15, 0.2) is 18.2 Å². The molecule has 3 N–H and O–H groups in total. The number of rotatable bonds is 4. The normalized spacial score (nSPS) is 15.3. The standard InChI is InChI=1S/C11H16N2O2/c1-8(5-12)13-6-9-3-2-4-10-11(9)15-7-14-10/h2-4,8,13H,5-7,12H2,1H3. The molecule has 0 bridgehead atoms. The van der Waals surface area contributed by atoms with E-state index >= 15 is 0 Å². The van der Waals surface area contributed by atoms with Crippen LogP contribution in [0.3, 0.4) is 0 Å². The van der Waals surface area contributed by atoms with Crippen molar-refractivity contribution in [2.24, 2.45) is 5.73 Å². The zero-order valence-corrected chi connectivity index (χ0v) is 8.82. The van der Waals surface area contributed by atoms with Crippen molar-refractivity contribution in [3.63, 3.8) is 0 Å². The van der Waals surface area contributed by atoms with Crippen molar-refractivity contribution in [1.82, 2.24) is 5.32 Å². The van der Waals surface area contributed by atoms with E-state index in [-0.39, 0.29) is 0 Å². The Bertz CT molecular complexity index is 341. The van der Waals surface area contributed by atoms with Gasteiger partial charge < -0.3 is 20.5 Å². The fourth-order valence-electron chi connectivity index (χ4n) is 1.50. The molecular weight excluding hydrogens is 192 g/mol. The molecule has 0 amide bonds. The van der Waals surface area contributed by atoms with Gasteiger partial charge in [0.2, 0.25) is 6.79 Å². The number of hydrogen-bond donors (Lipinski definition) is 2. The molecule has 15 heavy (non-hydrogen) atoms. The van der Waals surface area contributed by atoms with Crippen LogP contribution in [0.5, 0.6) is 11.5 Å². The summed E-state index contributed by atoms with van der Waals surface area (Å²) in [5, 5.41) is 3.32. The number of hydrogen-bond acceptors (Lipinski definition) is 4. The molecule has 0 saturated carbocycles. The van der Waals surface area contributed by atoms with Gasteiger partial charge in [-0.2, -0.15) is 0 Å². The largest absolute Gasteiger partial charge is 0.454 e. The Kier molecular flexibility index (Phi) is 3.08. The first-order valence-corrected chi connectivity index (χ1v) is 5.12. The van der Waals surface area contributed by atoms with Gasteiger partial charge in [-0.1, -0.05) is 12.1 Å². The quantitative estimate of drug-likeness (QED) is 0.770. The highest BCUT2D eigenvalue weighted by molar-refractivity contribution is 5.48. The fraction of sp³-hybridized carbons (Fsp3) is 0.455. The molecular formula is C11H16N2O2. The van der Waals surface area contributed by atoms with Gasteiger partial charge in [-0.15, -0.1) is 0 Å². The molecule has 0 aliphatic carbocycles. The third kappa shape index (κ3) is 2.22. The van der Waals surface area contributed by atoms with Crippen LogP contribution in [0, 0.1) is 0 Å². The topological polar surface area (TPSA) is 56.5 Å². The lowest BCUT2D eigenvalue weighted by Crippen LogP contribution is -2.32. The van der Waals surface area contributed by atoms with Gasteiger partial charge >= 0.3 is 0 Å². The van der Waals surface area contributed by atoms with Gasteiger partial charge in [0, 0.05) is 24.7 Å². The van der Waals surface area contributed by atoms with Crippen molar-refractivity contribution in [2.75, 3.05) is 13.3 Å². The van der Waals surface area contributed by atoms with Gasteiger partial charge in [-0.25, -0.2) is 0 Å². The Balaban J connectivity index is 2.06. The van der Waals surface area contributed by atoms with E-state index in [2.05, 4.69) is 12.2 Å². The number of fused-ring (bicyclic) bond motifs is 1. The zero-order chi connectivity index (χ0) is 10.7. The van der Waals surface area contributed by atoms with Gasteiger partial charge in [0.05, 0.1) is 0 Å². The van der Waals surface area contributed by atoms with E-state index in [1.165, 1.54) is 0 Å². The lowest BCUT2D eigenvalue weighted by molar-refractivity contribution is 0.173. The first-order chi connectivity index (χ1) is 7.31. The van der Waals surface area contributed by atoms with E-state index in [4.69, 9.17) is 15.2 Å². The molecule has 1 unspecified atom stereocenters. The summed E-state index contributed by atoms with van der Waals surface area (Å²) in [6, 6.07) is 6.22. The van der Waals surface area contributed by atoms with Crippen LogP contribution < -0.4 is 20.5 Å². The highest BCUT2D eigenvalue weighted by Gasteiger charge is 2.16. The minimum atomic E-state index is 0.308. The highest BCUT2D eigenvalue weighted by Crippen LogP contribution is 2.35. The van der Waals surface area contributed by atoms with E-state index in [0.717, 1.165) is 23.6 Å². The van der Waals surface area contributed by atoms with Crippen molar-refractivity contribution in [1.29, 1.82) is 0 Å². The van der Waals surface area contributed by atoms with Gasteiger partial charge in [0.1, 0.15) is 0 Å². The monoisotopic (exact) mass is 208 g/mol. The van der Waals surface area contributed by atoms with Crippen molar-refractivity contribution in [3.05, 3.63) is 23.8 Å². The van der Waals surface area contributed by atoms with E-state index in [9.17, 15) is 0 Å². The summed E-state index contributed by atoms with van der Waals surface area (Å²) in [7, 11) is 0. The van der Waals surface area contributed by atoms with E-state index in [1.54, 1.807) is 0 Å². The maximum Gasteiger partial charge on any atom is 0.231 e. The summed E-state index contributed by atoms with van der Waals surface area (Å²) in [4.78, 5) is 0. The summed E-state index contributed by atoms with van der Waals surface area (Å²) in [6.45, 7) is 3.76. The van der Waals surface area contributed by atoms with E-state index < -0.39 is 0 Å². The summed E-state index contributed by atoms with van der Waals surface area (Å²) < 4.78 is 10.7. The first-order valence-electron chi connectivity index (χ1n) is 5.12. The molecule has 0 saturated heterocycles. The Hall–Kier alpha value is -1.26. The molecule has 2 rings (SSSR count). The van der Waals surface area contributed by atoms with Crippen molar-refractivity contribution in [2.45, 2.75) is 19.5 Å². The maximum atomic E-state index is 5.53. The third-order valence-corrected chi connectivity index (χ3v) is 2.47. The lowest BCUT2D eigenvalue weighted by Gasteiger charge is -2.12. The van der Waals surface area contributed by atoms with Crippen molar-refractivity contribution < 1.29 is 9.47 Å². The number of nitrogens with one attached hydrogen (secondary N) is 1. The average molecular weight is 208 g/mol. The second kappa shape index (κ2) is 4.51. The summed E-state index contributed by atoms with van der Waals surface area (Å²) in [5.41, 5.74) is 6.65. The van der Waals surface area contributed by atoms with Crippen molar-refractivity contribution >= 4 is 0 Å². The average Bonchev–Trinajstić information content (AvgIpc) is 2.74. The molecule has 82 valence electrons. The SMILES string of the molecule is CC(CN)NCc1cccc2c1OCO2. The molecule has 1 aromatic rings. The van der Waals surface area contributed by atoms with Gasteiger partial charge in [0.25, 0.3) is 0 Å². The Labute approximate surface area is 89.4 Å².